The second kappa shape index (κ2) is 9.62. The molecule has 9 heteroatoms. The van der Waals surface area contributed by atoms with E-state index in [1.165, 1.54) is 12.1 Å². The van der Waals surface area contributed by atoms with Crippen molar-refractivity contribution in [3.63, 3.8) is 0 Å². The molecule has 0 N–H and O–H groups in total. The van der Waals surface area contributed by atoms with Crippen molar-refractivity contribution in [2.45, 2.75) is 26.0 Å². The molecule has 0 aliphatic carbocycles. The molecule has 1 aliphatic heterocycles. The summed E-state index contributed by atoms with van der Waals surface area (Å²) in [6.45, 7) is 6.48. The van der Waals surface area contributed by atoms with Gasteiger partial charge in [-0.2, -0.15) is 0 Å². The summed E-state index contributed by atoms with van der Waals surface area (Å²) >= 11 is 6.53. The third-order valence-electron chi connectivity index (χ3n) is 6.48. The van der Waals surface area contributed by atoms with E-state index in [1.54, 1.807) is 69.7 Å². The van der Waals surface area contributed by atoms with Gasteiger partial charge in [-0.3, -0.25) is 18.9 Å². The zero-order valence-corrected chi connectivity index (χ0v) is 20.4. The number of hydrogen-bond donors (Lipinski definition) is 0. The first-order valence-corrected chi connectivity index (χ1v) is 11.9. The molecule has 0 unspecified atom stereocenters. The van der Waals surface area contributed by atoms with Gasteiger partial charge in [0.05, 0.1) is 34.0 Å². The molecule has 5 rings (SSSR count). The molecule has 2 aromatic carbocycles. The Morgan fingerprint density at radius 3 is 2.83 bits per heavy atom. The molecule has 0 spiro atoms. The fourth-order valence-electron chi connectivity index (χ4n) is 4.66. The van der Waals surface area contributed by atoms with Gasteiger partial charge in [0.1, 0.15) is 18.2 Å². The van der Waals surface area contributed by atoms with Crippen LogP contribution in [0.3, 0.4) is 0 Å². The molecule has 1 aliphatic rings. The Morgan fingerprint density at radius 1 is 1.25 bits per heavy atom. The maximum Gasteiger partial charge on any atom is 0.334 e. The average Bonchev–Trinajstić information content (AvgIpc) is 3.46. The van der Waals surface area contributed by atoms with E-state index >= 15 is 0 Å². The number of carbonyl (C=O) groups excluding carboxylic acids is 1. The minimum Gasteiger partial charge on any atom is -0.487 e. The molecule has 3 heterocycles. The van der Waals surface area contributed by atoms with Crippen LogP contribution in [0.2, 0.25) is 5.02 Å². The van der Waals surface area contributed by atoms with Crippen molar-refractivity contribution < 1.29 is 13.9 Å². The number of fused-ring (bicyclic) bond motifs is 1. The number of amides is 1. The molecule has 4 aromatic rings. The summed E-state index contributed by atoms with van der Waals surface area (Å²) in [4.78, 5) is 31.6. The van der Waals surface area contributed by atoms with Gasteiger partial charge in [0.25, 0.3) is 0 Å². The normalized spacial score (nSPS) is 15.4. The zero-order valence-electron chi connectivity index (χ0n) is 19.7. The standard InChI is InChI=1S/C27H24ClFN4O3/c1-3-26(34)31-11-9-20(15-31)33-23-8-10-30-14-24(23)32(27(33)35)19-5-7-25(21(28)13-19)36-16-18-4-6-22(29)17(2)12-18/h3-8,10,12-14,20H,1,9,11,15-16H2,2H3/t20-/m1/s1. The van der Waals surface area contributed by atoms with E-state index in [2.05, 4.69) is 11.6 Å². The Kier molecular flexibility index (Phi) is 6.36. The molecule has 0 saturated carbocycles. The predicted molar refractivity (Wildman–Crippen MR) is 136 cm³/mol. The quantitative estimate of drug-likeness (QED) is 0.351. The number of aryl methyl sites for hydroxylation is 1. The highest BCUT2D eigenvalue weighted by Crippen LogP contribution is 2.30. The molecule has 2 aromatic heterocycles. The van der Waals surface area contributed by atoms with Crippen LogP contribution in [0.5, 0.6) is 5.75 Å². The fourth-order valence-corrected chi connectivity index (χ4v) is 4.89. The Morgan fingerprint density at radius 2 is 2.08 bits per heavy atom. The summed E-state index contributed by atoms with van der Waals surface area (Å²) in [7, 11) is 0. The Labute approximate surface area is 212 Å². The minimum absolute atomic E-state index is 0.144. The van der Waals surface area contributed by atoms with Gasteiger partial charge in [-0.25, -0.2) is 9.18 Å². The lowest BCUT2D eigenvalue weighted by Crippen LogP contribution is -2.31. The van der Waals surface area contributed by atoms with Gasteiger partial charge in [-0.1, -0.05) is 24.2 Å². The molecule has 0 radical (unpaired) electrons. The summed E-state index contributed by atoms with van der Waals surface area (Å²) in [6.07, 6.45) is 5.24. The van der Waals surface area contributed by atoms with Gasteiger partial charge >= 0.3 is 5.69 Å². The number of pyridine rings is 1. The molecule has 36 heavy (non-hydrogen) atoms. The minimum atomic E-state index is -0.266. The van der Waals surface area contributed by atoms with Crippen LogP contribution in [0.15, 0.2) is 72.3 Å². The lowest BCUT2D eigenvalue weighted by Gasteiger charge is -2.15. The Balaban J connectivity index is 1.46. The van der Waals surface area contributed by atoms with Crippen LogP contribution in [0, 0.1) is 12.7 Å². The summed E-state index contributed by atoms with van der Waals surface area (Å²) in [5, 5.41) is 0.339. The van der Waals surface area contributed by atoms with E-state index in [0.29, 0.717) is 47.1 Å². The number of hydrogen-bond acceptors (Lipinski definition) is 4. The second-order valence-electron chi connectivity index (χ2n) is 8.77. The molecule has 1 saturated heterocycles. The van der Waals surface area contributed by atoms with Gasteiger partial charge in [-0.15, -0.1) is 0 Å². The van der Waals surface area contributed by atoms with E-state index in [4.69, 9.17) is 16.3 Å². The molecule has 1 atom stereocenters. The van der Waals surface area contributed by atoms with Crippen molar-refractivity contribution in [2.75, 3.05) is 13.1 Å². The van der Waals surface area contributed by atoms with Crippen LogP contribution in [0.1, 0.15) is 23.6 Å². The van der Waals surface area contributed by atoms with Gasteiger partial charge in [0.2, 0.25) is 5.91 Å². The fraction of sp³-hybridized carbons (Fsp3) is 0.222. The average molecular weight is 507 g/mol. The molecule has 7 nitrogen and oxygen atoms in total. The van der Waals surface area contributed by atoms with E-state index < -0.39 is 0 Å². The molecule has 1 fully saturated rings. The number of likely N-dealkylation sites (tertiary alicyclic amines) is 1. The third-order valence-corrected chi connectivity index (χ3v) is 6.78. The maximum absolute atomic E-state index is 13.7. The number of benzene rings is 2. The number of aromatic nitrogens is 3. The third kappa shape index (κ3) is 4.28. The second-order valence-corrected chi connectivity index (χ2v) is 9.18. The maximum atomic E-state index is 13.7. The highest BCUT2D eigenvalue weighted by molar-refractivity contribution is 6.32. The van der Waals surface area contributed by atoms with Crippen LogP contribution >= 0.6 is 11.6 Å². The van der Waals surface area contributed by atoms with Crippen molar-refractivity contribution in [1.82, 2.24) is 19.0 Å². The monoisotopic (exact) mass is 506 g/mol. The Hall–Kier alpha value is -3.91. The summed E-state index contributed by atoms with van der Waals surface area (Å²) in [5.41, 5.74) is 3.07. The van der Waals surface area contributed by atoms with Crippen LogP contribution in [0.4, 0.5) is 4.39 Å². The number of carbonyl (C=O) groups is 1. The zero-order chi connectivity index (χ0) is 25.4. The lowest BCUT2D eigenvalue weighted by molar-refractivity contribution is -0.125. The van der Waals surface area contributed by atoms with E-state index in [-0.39, 0.29) is 30.1 Å². The highest BCUT2D eigenvalue weighted by Gasteiger charge is 2.30. The number of ether oxygens (including phenoxy) is 1. The van der Waals surface area contributed by atoms with Crippen LogP contribution < -0.4 is 10.4 Å². The van der Waals surface area contributed by atoms with E-state index in [1.807, 2.05) is 0 Å². The molecule has 1 amide bonds. The lowest BCUT2D eigenvalue weighted by atomic mass is 10.1. The SMILES string of the molecule is C=CC(=O)N1CC[C@@H](n2c(=O)n(-c3ccc(OCc4ccc(F)c(C)c4)c(Cl)c3)c3cnccc32)C1. The number of rotatable bonds is 6. The smallest absolute Gasteiger partial charge is 0.334 e. The van der Waals surface area contributed by atoms with Crippen molar-refractivity contribution in [3.05, 3.63) is 100.0 Å². The van der Waals surface area contributed by atoms with Crippen molar-refractivity contribution >= 4 is 28.5 Å². The Bertz CT molecular complexity index is 1540. The van der Waals surface area contributed by atoms with Crippen LogP contribution in [-0.2, 0) is 11.4 Å². The van der Waals surface area contributed by atoms with E-state index in [9.17, 15) is 14.0 Å². The summed E-state index contributed by atoms with van der Waals surface area (Å²) in [6, 6.07) is 11.6. The number of imidazole rings is 1. The number of halogens is 2. The van der Waals surface area contributed by atoms with E-state index in [0.717, 1.165) is 11.1 Å². The van der Waals surface area contributed by atoms with Gasteiger partial charge in [0, 0.05) is 19.3 Å². The molecule has 0 bridgehead atoms. The largest absolute Gasteiger partial charge is 0.487 e. The molecule has 184 valence electrons. The first-order chi connectivity index (χ1) is 17.4. The first-order valence-electron chi connectivity index (χ1n) is 11.5. The van der Waals surface area contributed by atoms with Gasteiger partial charge in [0.15, 0.2) is 0 Å². The topological polar surface area (TPSA) is 69.4 Å². The van der Waals surface area contributed by atoms with Gasteiger partial charge in [-0.05, 0) is 66.9 Å². The van der Waals surface area contributed by atoms with Crippen molar-refractivity contribution in [1.29, 1.82) is 0 Å². The van der Waals surface area contributed by atoms with Crippen LogP contribution in [-0.4, -0.2) is 38.0 Å². The highest BCUT2D eigenvalue weighted by atomic mass is 35.5. The van der Waals surface area contributed by atoms with Crippen molar-refractivity contribution in [3.8, 4) is 11.4 Å². The van der Waals surface area contributed by atoms with Gasteiger partial charge < -0.3 is 9.64 Å². The number of nitrogens with zero attached hydrogens (tertiary/aromatic N) is 4. The first kappa shape index (κ1) is 23.8. The molecular formula is C27H24ClFN4O3. The van der Waals surface area contributed by atoms with Crippen LogP contribution in [0.25, 0.3) is 16.7 Å². The van der Waals surface area contributed by atoms with Crippen molar-refractivity contribution in [2.24, 2.45) is 0 Å². The summed E-state index contributed by atoms with van der Waals surface area (Å²) < 4.78 is 22.7. The molecular weight excluding hydrogens is 483 g/mol. The predicted octanol–water partition coefficient (Wildman–Crippen LogP) is 4.83. The summed E-state index contributed by atoms with van der Waals surface area (Å²) in [5.74, 6) is 0.0404.